The number of hydrogen-bond donors (Lipinski definition) is 1. The van der Waals surface area contributed by atoms with Crippen LogP contribution in [0.4, 0.5) is 0 Å². The van der Waals surface area contributed by atoms with E-state index in [1.54, 1.807) is 38.6 Å². The molecule has 3 aromatic rings. The van der Waals surface area contributed by atoms with Crippen molar-refractivity contribution < 1.29 is 19.0 Å². The summed E-state index contributed by atoms with van der Waals surface area (Å²) < 4.78 is 16.2. The molecule has 1 N–H and O–H groups in total. The normalized spacial score (nSPS) is 10.9. The SMILES string of the molecule is COc1cc(/C=N/NC(=O)c2cncc(-c3ccc(OCCN(C)C)cc3)n2)cc(OC)c1. The number of benzene rings is 2. The van der Waals surface area contributed by atoms with E-state index in [1.165, 1.54) is 12.4 Å². The number of aromatic nitrogens is 2. The highest BCUT2D eigenvalue weighted by Gasteiger charge is 2.10. The number of rotatable bonds is 10. The van der Waals surface area contributed by atoms with Crippen LogP contribution in [-0.4, -0.2) is 68.5 Å². The molecule has 172 valence electrons. The number of likely N-dealkylation sites (N-methyl/N-ethyl adjacent to an activating group) is 1. The van der Waals surface area contributed by atoms with Gasteiger partial charge in [-0.3, -0.25) is 9.78 Å². The minimum absolute atomic E-state index is 0.152. The van der Waals surface area contributed by atoms with Gasteiger partial charge in [-0.15, -0.1) is 0 Å². The van der Waals surface area contributed by atoms with Crippen LogP contribution in [0.15, 0.2) is 60.0 Å². The molecule has 0 saturated carbocycles. The Morgan fingerprint density at radius 3 is 2.36 bits per heavy atom. The zero-order valence-corrected chi connectivity index (χ0v) is 19.1. The van der Waals surface area contributed by atoms with Crippen molar-refractivity contribution in [2.75, 3.05) is 41.5 Å². The molecule has 9 heteroatoms. The maximum absolute atomic E-state index is 12.5. The third-order valence-corrected chi connectivity index (χ3v) is 4.58. The maximum Gasteiger partial charge on any atom is 0.291 e. The maximum atomic E-state index is 12.5. The molecule has 0 saturated heterocycles. The molecule has 1 amide bonds. The number of hydrazone groups is 1. The zero-order valence-electron chi connectivity index (χ0n) is 19.1. The Balaban J connectivity index is 1.64. The Bertz CT molecular complexity index is 1080. The van der Waals surface area contributed by atoms with Crippen molar-refractivity contribution in [3.8, 4) is 28.5 Å². The Morgan fingerprint density at radius 2 is 1.73 bits per heavy atom. The van der Waals surface area contributed by atoms with Crippen molar-refractivity contribution in [1.82, 2.24) is 20.3 Å². The first-order valence-electron chi connectivity index (χ1n) is 10.2. The number of nitrogens with one attached hydrogen (secondary N) is 1. The van der Waals surface area contributed by atoms with Gasteiger partial charge in [-0.05, 0) is 50.5 Å². The van der Waals surface area contributed by atoms with E-state index in [2.05, 4.69) is 25.4 Å². The van der Waals surface area contributed by atoms with E-state index < -0.39 is 5.91 Å². The Labute approximate surface area is 193 Å². The molecule has 3 rings (SSSR count). The van der Waals surface area contributed by atoms with E-state index in [0.717, 1.165) is 17.9 Å². The molecule has 33 heavy (non-hydrogen) atoms. The fourth-order valence-electron chi connectivity index (χ4n) is 2.81. The number of hydrogen-bond acceptors (Lipinski definition) is 8. The molecule has 0 bridgehead atoms. The molecule has 0 aliphatic heterocycles. The third kappa shape index (κ3) is 7.01. The van der Waals surface area contributed by atoms with Crippen LogP contribution in [0.2, 0.25) is 0 Å². The van der Waals surface area contributed by atoms with Crippen LogP contribution in [0.5, 0.6) is 17.2 Å². The van der Waals surface area contributed by atoms with E-state index in [9.17, 15) is 4.79 Å². The van der Waals surface area contributed by atoms with E-state index in [0.29, 0.717) is 29.4 Å². The van der Waals surface area contributed by atoms with Gasteiger partial charge < -0.3 is 19.1 Å². The van der Waals surface area contributed by atoms with Crippen molar-refractivity contribution in [1.29, 1.82) is 0 Å². The molecular weight excluding hydrogens is 422 g/mol. The van der Waals surface area contributed by atoms with Gasteiger partial charge in [-0.25, -0.2) is 10.4 Å². The summed E-state index contributed by atoms with van der Waals surface area (Å²) in [5.74, 6) is 1.54. The van der Waals surface area contributed by atoms with Gasteiger partial charge in [0.05, 0.1) is 38.5 Å². The predicted octanol–water partition coefficient (Wildman–Crippen LogP) is 2.87. The van der Waals surface area contributed by atoms with Gasteiger partial charge in [0.1, 0.15) is 29.5 Å². The molecule has 2 aromatic carbocycles. The number of carbonyl (C=O) groups excluding carboxylic acids is 1. The summed E-state index contributed by atoms with van der Waals surface area (Å²) in [6.45, 7) is 1.43. The number of carbonyl (C=O) groups is 1. The van der Waals surface area contributed by atoms with Crippen LogP contribution in [0.25, 0.3) is 11.3 Å². The summed E-state index contributed by atoms with van der Waals surface area (Å²) in [5.41, 5.74) is 4.72. The van der Waals surface area contributed by atoms with Crippen molar-refractivity contribution in [2.24, 2.45) is 5.10 Å². The van der Waals surface area contributed by atoms with Crippen LogP contribution < -0.4 is 19.6 Å². The third-order valence-electron chi connectivity index (χ3n) is 4.58. The fourth-order valence-corrected chi connectivity index (χ4v) is 2.81. The van der Waals surface area contributed by atoms with Crippen molar-refractivity contribution in [3.05, 3.63) is 66.1 Å². The molecule has 9 nitrogen and oxygen atoms in total. The number of amides is 1. The van der Waals surface area contributed by atoms with E-state index >= 15 is 0 Å². The summed E-state index contributed by atoms with van der Waals surface area (Å²) in [7, 11) is 7.12. The van der Waals surface area contributed by atoms with E-state index in [-0.39, 0.29) is 5.69 Å². The summed E-state index contributed by atoms with van der Waals surface area (Å²) in [6, 6.07) is 12.8. The van der Waals surface area contributed by atoms with Gasteiger partial charge in [0, 0.05) is 23.7 Å². The smallest absolute Gasteiger partial charge is 0.291 e. The molecule has 0 aliphatic rings. The highest BCUT2D eigenvalue weighted by molar-refractivity contribution is 5.93. The Hall–Kier alpha value is -3.98. The minimum atomic E-state index is -0.473. The molecule has 0 spiro atoms. The second-order valence-corrected chi connectivity index (χ2v) is 7.31. The van der Waals surface area contributed by atoms with Crippen molar-refractivity contribution >= 4 is 12.1 Å². The number of ether oxygens (including phenoxy) is 3. The largest absolute Gasteiger partial charge is 0.497 e. The second-order valence-electron chi connectivity index (χ2n) is 7.31. The van der Waals surface area contributed by atoms with Crippen LogP contribution in [0.1, 0.15) is 16.1 Å². The fraction of sp³-hybridized carbons (Fsp3) is 0.250. The van der Waals surface area contributed by atoms with Gasteiger partial charge in [0.15, 0.2) is 0 Å². The second kappa shape index (κ2) is 11.6. The Morgan fingerprint density at radius 1 is 1.03 bits per heavy atom. The van der Waals surface area contributed by atoms with Gasteiger partial charge >= 0.3 is 0 Å². The molecule has 1 aromatic heterocycles. The van der Waals surface area contributed by atoms with Crippen molar-refractivity contribution in [3.63, 3.8) is 0 Å². The number of methoxy groups -OCH3 is 2. The molecule has 0 fully saturated rings. The lowest BCUT2D eigenvalue weighted by Gasteiger charge is -2.11. The van der Waals surface area contributed by atoms with Gasteiger partial charge in [-0.1, -0.05) is 0 Å². The van der Waals surface area contributed by atoms with Crippen LogP contribution in [0.3, 0.4) is 0 Å². The monoisotopic (exact) mass is 449 g/mol. The van der Waals surface area contributed by atoms with Gasteiger partial charge in [0.2, 0.25) is 0 Å². The lowest BCUT2D eigenvalue weighted by atomic mass is 10.1. The lowest BCUT2D eigenvalue weighted by molar-refractivity contribution is 0.0950. The summed E-state index contributed by atoms with van der Waals surface area (Å²) in [6.07, 6.45) is 4.49. The minimum Gasteiger partial charge on any atom is -0.497 e. The van der Waals surface area contributed by atoms with E-state index in [1.807, 2.05) is 38.4 Å². The molecule has 0 radical (unpaired) electrons. The average Bonchev–Trinajstić information content (AvgIpc) is 2.84. The lowest BCUT2D eigenvalue weighted by Crippen LogP contribution is -2.19. The molecule has 0 atom stereocenters. The summed E-state index contributed by atoms with van der Waals surface area (Å²) >= 11 is 0. The molecular formula is C24H27N5O4. The van der Waals surface area contributed by atoms with Crippen LogP contribution >= 0.6 is 0 Å². The summed E-state index contributed by atoms with van der Waals surface area (Å²) in [4.78, 5) is 23.1. The van der Waals surface area contributed by atoms with Gasteiger partial charge in [0.25, 0.3) is 5.91 Å². The quantitative estimate of drug-likeness (QED) is 0.375. The first-order valence-corrected chi connectivity index (χ1v) is 10.2. The first kappa shape index (κ1) is 23.7. The Kier molecular flexibility index (Phi) is 8.31. The zero-order chi connectivity index (χ0) is 23.6. The topological polar surface area (TPSA) is 98.2 Å². The standard InChI is InChI=1S/C24H27N5O4/c1-29(2)9-10-33-19-7-5-18(6-8-19)22-15-25-16-23(27-22)24(30)28-26-14-17-11-20(31-3)13-21(12-17)32-4/h5-8,11-16H,9-10H2,1-4H3,(H,28,30)/b26-14+. The highest BCUT2D eigenvalue weighted by atomic mass is 16.5. The van der Waals surface area contributed by atoms with Crippen LogP contribution in [0, 0.1) is 0 Å². The molecule has 0 unspecified atom stereocenters. The van der Waals surface area contributed by atoms with Crippen LogP contribution in [-0.2, 0) is 0 Å². The first-order chi connectivity index (χ1) is 16.0. The average molecular weight is 450 g/mol. The van der Waals surface area contributed by atoms with Gasteiger partial charge in [-0.2, -0.15) is 5.10 Å². The molecule has 0 aliphatic carbocycles. The predicted molar refractivity (Wildman–Crippen MR) is 126 cm³/mol. The summed E-state index contributed by atoms with van der Waals surface area (Å²) in [5, 5.41) is 4.00. The molecule has 1 heterocycles. The number of nitrogens with zero attached hydrogens (tertiary/aromatic N) is 4. The highest BCUT2D eigenvalue weighted by Crippen LogP contribution is 2.22. The van der Waals surface area contributed by atoms with Crippen molar-refractivity contribution in [2.45, 2.75) is 0 Å². The van der Waals surface area contributed by atoms with E-state index in [4.69, 9.17) is 14.2 Å².